The number of piperidine rings is 1. The molecule has 0 saturated carbocycles. The molecule has 1 aromatic heterocycles. The van der Waals surface area contributed by atoms with Gasteiger partial charge in [0.25, 0.3) is 0 Å². The number of aromatic nitrogens is 1. The van der Waals surface area contributed by atoms with E-state index in [0.29, 0.717) is 18.0 Å². The first-order valence-electron chi connectivity index (χ1n) is 8.47. The number of methoxy groups -OCH3 is 1. The molecule has 0 bridgehead atoms. The lowest BCUT2D eigenvalue weighted by Gasteiger charge is -2.33. The van der Waals surface area contributed by atoms with E-state index in [0.717, 1.165) is 43.9 Å². The van der Waals surface area contributed by atoms with E-state index in [2.05, 4.69) is 11.2 Å². The van der Waals surface area contributed by atoms with E-state index in [1.807, 2.05) is 36.1 Å². The third-order valence-electron chi connectivity index (χ3n) is 4.58. The maximum absolute atomic E-state index is 12.5. The summed E-state index contributed by atoms with van der Waals surface area (Å²) in [6.07, 6.45) is 3.45. The maximum atomic E-state index is 12.5. The highest BCUT2D eigenvalue weighted by Crippen LogP contribution is 2.26. The van der Waals surface area contributed by atoms with Gasteiger partial charge in [-0.3, -0.25) is 4.79 Å². The highest BCUT2D eigenvalue weighted by molar-refractivity contribution is 5.78. The normalized spacial score (nSPS) is 17.8. The van der Waals surface area contributed by atoms with E-state index < -0.39 is 0 Å². The van der Waals surface area contributed by atoms with Gasteiger partial charge in [0.05, 0.1) is 19.2 Å². The topological polar surface area (TPSA) is 55.6 Å². The Kier molecular flexibility index (Phi) is 5.18. The molecule has 0 spiro atoms. The summed E-state index contributed by atoms with van der Waals surface area (Å²) in [6.45, 7) is 3.47. The zero-order chi connectivity index (χ0) is 16.9. The molecule has 5 nitrogen and oxygen atoms in total. The molecular weight excluding hydrogens is 304 g/mol. The first-order chi connectivity index (χ1) is 11.7. The number of hydrogen-bond donors (Lipinski definition) is 0. The molecule has 1 atom stereocenters. The molecule has 128 valence electrons. The van der Waals surface area contributed by atoms with Crippen molar-refractivity contribution in [2.75, 3.05) is 20.2 Å². The van der Waals surface area contributed by atoms with Crippen molar-refractivity contribution in [1.29, 1.82) is 0 Å². The van der Waals surface area contributed by atoms with Crippen LogP contribution in [0.4, 0.5) is 0 Å². The number of carbonyl (C=O) groups is 1. The minimum Gasteiger partial charge on any atom is -0.496 e. The first-order valence-corrected chi connectivity index (χ1v) is 8.47. The molecule has 1 saturated heterocycles. The lowest BCUT2D eigenvalue weighted by atomic mass is 9.90. The summed E-state index contributed by atoms with van der Waals surface area (Å²) in [4.78, 5) is 14.5. The SMILES string of the molecule is COc1ccccc1CC1CCCN(C(=O)Cc2cc(C)on2)C1. The molecule has 0 N–H and O–H groups in total. The fraction of sp³-hybridized carbons (Fsp3) is 0.474. The molecule has 2 heterocycles. The standard InChI is InChI=1S/C19H24N2O3/c1-14-10-17(20-24-14)12-19(22)21-9-5-6-15(13-21)11-16-7-3-4-8-18(16)23-2/h3-4,7-8,10,15H,5-6,9,11-13H2,1-2H3. The number of carbonyl (C=O) groups excluding carboxylic acids is 1. The van der Waals surface area contributed by atoms with Crippen LogP contribution < -0.4 is 4.74 Å². The molecule has 0 radical (unpaired) electrons. The second-order valence-corrected chi connectivity index (χ2v) is 6.47. The second kappa shape index (κ2) is 7.51. The van der Waals surface area contributed by atoms with Crippen LogP contribution in [-0.4, -0.2) is 36.2 Å². The Morgan fingerprint density at radius 2 is 2.25 bits per heavy atom. The van der Waals surface area contributed by atoms with Crippen LogP contribution in [-0.2, 0) is 17.6 Å². The number of likely N-dealkylation sites (tertiary alicyclic amines) is 1. The van der Waals surface area contributed by atoms with Crippen LogP contribution in [0, 0.1) is 12.8 Å². The van der Waals surface area contributed by atoms with Gasteiger partial charge in [-0.15, -0.1) is 0 Å². The summed E-state index contributed by atoms with van der Waals surface area (Å²) in [6, 6.07) is 9.95. The molecule has 3 rings (SSSR count). The Hall–Kier alpha value is -2.30. The van der Waals surface area contributed by atoms with E-state index in [9.17, 15) is 4.79 Å². The summed E-state index contributed by atoms with van der Waals surface area (Å²) in [5, 5.41) is 3.92. The minimum atomic E-state index is 0.132. The number of rotatable bonds is 5. The molecule has 1 aliphatic heterocycles. The van der Waals surface area contributed by atoms with E-state index >= 15 is 0 Å². The zero-order valence-corrected chi connectivity index (χ0v) is 14.3. The highest BCUT2D eigenvalue weighted by atomic mass is 16.5. The molecule has 1 aromatic carbocycles. The van der Waals surface area contributed by atoms with Gasteiger partial charge in [-0.05, 0) is 43.7 Å². The summed E-state index contributed by atoms with van der Waals surface area (Å²) >= 11 is 0. The Labute approximate surface area is 142 Å². The minimum absolute atomic E-state index is 0.132. The van der Waals surface area contributed by atoms with Crippen LogP contribution in [0.5, 0.6) is 5.75 Å². The van der Waals surface area contributed by atoms with Crippen molar-refractivity contribution >= 4 is 5.91 Å². The van der Waals surface area contributed by atoms with Gasteiger partial charge in [0.1, 0.15) is 11.5 Å². The lowest BCUT2D eigenvalue weighted by molar-refractivity contribution is -0.132. The van der Waals surface area contributed by atoms with Crippen LogP contribution in [0.3, 0.4) is 0 Å². The van der Waals surface area contributed by atoms with Gasteiger partial charge in [-0.2, -0.15) is 0 Å². The molecule has 24 heavy (non-hydrogen) atoms. The van der Waals surface area contributed by atoms with E-state index in [-0.39, 0.29) is 5.91 Å². The van der Waals surface area contributed by atoms with Crippen LogP contribution in [0.25, 0.3) is 0 Å². The van der Waals surface area contributed by atoms with E-state index in [1.54, 1.807) is 7.11 Å². The Balaban J connectivity index is 1.60. The lowest BCUT2D eigenvalue weighted by Crippen LogP contribution is -2.41. The van der Waals surface area contributed by atoms with Gasteiger partial charge in [0, 0.05) is 19.2 Å². The molecule has 1 unspecified atom stereocenters. The third kappa shape index (κ3) is 3.96. The molecule has 1 fully saturated rings. The van der Waals surface area contributed by atoms with Gasteiger partial charge in [-0.1, -0.05) is 23.4 Å². The zero-order valence-electron chi connectivity index (χ0n) is 14.3. The molecule has 0 aliphatic carbocycles. The van der Waals surface area contributed by atoms with Crippen LogP contribution in [0.1, 0.15) is 29.9 Å². The van der Waals surface area contributed by atoms with Crippen molar-refractivity contribution in [1.82, 2.24) is 10.1 Å². The second-order valence-electron chi connectivity index (χ2n) is 6.47. The molecule has 1 aliphatic rings. The van der Waals surface area contributed by atoms with E-state index in [4.69, 9.17) is 9.26 Å². The Bertz CT molecular complexity index is 695. The van der Waals surface area contributed by atoms with E-state index in [1.165, 1.54) is 5.56 Å². The number of para-hydroxylation sites is 1. The summed E-state index contributed by atoms with van der Waals surface area (Å²) in [5.41, 5.74) is 1.93. The average molecular weight is 328 g/mol. The number of nitrogens with zero attached hydrogens (tertiary/aromatic N) is 2. The number of amides is 1. The summed E-state index contributed by atoms with van der Waals surface area (Å²) in [5.74, 6) is 2.27. The highest BCUT2D eigenvalue weighted by Gasteiger charge is 2.25. The molecule has 2 aromatic rings. The average Bonchev–Trinajstić information content (AvgIpc) is 3.00. The predicted molar refractivity (Wildman–Crippen MR) is 90.9 cm³/mol. The van der Waals surface area contributed by atoms with Crippen molar-refractivity contribution in [3.05, 3.63) is 47.3 Å². The summed E-state index contributed by atoms with van der Waals surface area (Å²) < 4.78 is 10.5. The van der Waals surface area contributed by atoms with Gasteiger partial charge >= 0.3 is 0 Å². The number of aryl methyl sites for hydroxylation is 1. The van der Waals surface area contributed by atoms with Gasteiger partial charge in [0.15, 0.2) is 0 Å². The van der Waals surface area contributed by atoms with Crippen molar-refractivity contribution in [3.8, 4) is 5.75 Å². The molecule has 1 amide bonds. The Morgan fingerprint density at radius 1 is 1.42 bits per heavy atom. The van der Waals surface area contributed by atoms with Crippen molar-refractivity contribution < 1.29 is 14.1 Å². The predicted octanol–water partition coefficient (Wildman–Crippen LogP) is 3.02. The first kappa shape index (κ1) is 16.6. The number of ether oxygens (including phenoxy) is 1. The number of benzene rings is 1. The van der Waals surface area contributed by atoms with Gasteiger partial charge < -0.3 is 14.2 Å². The maximum Gasteiger partial charge on any atom is 0.228 e. The fourth-order valence-electron chi connectivity index (χ4n) is 3.41. The molecular formula is C19H24N2O3. The largest absolute Gasteiger partial charge is 0.496 e. The van der Waals surface area contributed by atoms with Crippen molar-refractivity contribution in [2.24, 2.45) is 5.92 Å². The number of hydrogen-bond acceptors (Lipinski definition) is 4. The monoisotopic (exact) mass is 328 g/mol. The van der Waals surface area contributed by atoms with Crippen LogP contribution >= 0.6 is 0 Å². The quantitative estimate of drug-likeness (QED) is 0.846. The third-order valence-corrected chi connectivity index (χ3v) is 4.58. The van der Waals surface area contributed by atoms with Gasteiger partial charge in [-0.25, -0.2) is 0 Å². The fourth-order valence-corrected chi connectivity index (χ4v) is 3.41. The Morgan fingerprint density at radius 3 is 3.00 bits per heavy atom. The summed E-state index contributed by atoms with van der Waals surface area (Å²) in [7, 11) is 1.70. The van der Waals surface area contributed by atoms with Crippen molar-refractivity contribution in [2.45, 2.75) is 32.6 Å². The van der Waals surface area contributed by atoms with Crippen molar-refractivity contribution in [3.63, 3.8) is 0 Å². The smallest absolute Gasteiger partial charge is 0.228 e. The van der Waals surface area contributed by atoms with Gasteiger partial charge in [0.2, 0.25) is 5.91 Å². The van der Waals surface area contributed by atoms with Crippen LogP contribution in [0.15, 0.2) is 34.9 Å². The van der Waals surface area contributed by atoms with Crippen LogP contribution in [0.2, 0.25) is 0 Å². The molecule has 5 heteroatoms.